The van der Waals surface area contributed by atoms with Crippen molar-refractivity contribution in [2.75, 3.05) is 5.75 Å². The van der Waals surface area contributed by atoms with Gasteiger partial charge in [0.15, 0.2) is 0 Å². The van der Waals surface area contributed by atoms with E-state index in [4.69, 9.17) is 9.84 Å². The Balaban J connectivity index is 2.45. The van der Waals surface area contributed by atoms with Gasteiger partial charge in [-0.25, -0.2) is 9.59 Å². The average molecular weight is 245 g/mol. The normalized spacial score (nSPS) is 20.2. The van der Waals surface area contributed by atoms with E-state index in [1.807, 2.05) is 0 Å². The summed E-state index contributed by atoms with van der Waals surface area (Å²) in [5.74, 6) is -0.431. The Morgan fingerprint density at radius 1 is 1.56 bits per heavy atom. The molecule has 16 heavy (non-hydrogen) atoms. The maximum absolute atomic E-state index is 11.4. The van der Waals surface area contributed by atoms with Crippen LogP contribution in [0, 0.1) is 0 Å². The number of carbonyl (C=O) groups is 2. The van der Waals surface area contributed by atoms with Crippen LogP contribution in [-0.2, 0) is 9.53 Å². The highest BCUT2D eigenvalue weighted by Crippen LogP contribution is 2.25. The van der Waals surface area contributed by atoms with Gasteiger partial charge in [-0.2, -0.15) is 0 Å². The first-order valence-corrected chi connectivity index (χ1v) is 5.84. The summed E-state index contributed by atoms with van der Waals surface area (Å²) < 4.78 is 5.06. The molecular weight excluding hydrogens is 230 g/mol. The Bertz CT molecular complexity index is 332. The van der Waals surface area contributed by atoms with Crippen molar-refractivity contribution in [1.29, 1.82) is 0 Å². The zero-order valence-electron chi connectivity index (χ0n) is 9.44. The minimum atomic E-state index is -0.960. The quantitative estimate of drug-likeness (QED) is 0.772. The van der Waals surface area contributed by atoms with Gasteiger partial charge in [0.2, 0.25) is 0 Å². The van der Waals surface area contributed by atoms with Crippen LogP contribution < -0.4 is 5.32 Å². The molecule has 1 unspecified atom stereocenters. The number of rotatable bonds is 2. The number of amides is 1. The second kappa shape index (κ2) is 4.78. The van der Waals surface area contributed by atoms with E-state index in [2.05, 4.69) is 5.32 Å². The summed E-state index contributed by atoms with van der Waals surface area (Å²) in [6.07, 6.45) is 0.998. The molecule has 0 saturated heterocycles. The topological polar surface area (TPSA) is 75.6 Å². The Morgan fingerprint density at radius 2 is 2.19 bits per heavy atom. The Kier molecular flexibility index (Phi) is 3.85. The summed E-state index contributed by atoms with van der Waals surface area (Å²) in [7, 11) is 0. The first kappa shape index (κ1) is 12.9. The first-order valence-electron chi connectivity index (χ1n) is 4.85. The maximum Gasteiger partial charge on any atom is 0.408 e. The van der Waals surface area contributed by atoms with E-state index in [-0.39, 0.29) is 10.9 Å². The van der Waals surface area contributed by atoms with Crippen LogP contribution in [0.1, 0.15) is 20.8 Å². The molecule has 0 aromatic rings. The second-order valence-electron chi connectivity index (χ2n) is 4.40. The molecule has 0 fully saturated rings. The van der Waals surface area contributed by atoms with E-state index in [0.717, 1.165) is 0 Å². The van der Waals surface area contributed by atoms with Gasteiger partial charge in [0, 0.05) is 5.75 Å². The van der Waals surface area contributed by atoms with Gasteiger partial charge < -0.3 is 15.2 Å². The molecule has 0 aliphatic carbocycles. The molecular formula is C10H15NO4S. The van der Waals surface area contributed by atoms with Crippen LogP contribution in [0.3, 0.4) is 0 Å². The van der Waals surface area contributed by atoms with Crippen LogP contribution in [0.15, 0.2) is 11.0 Å². The lowest BCUT2D eigenvalue weighted by Crippen LogP contribution is -2.38. The molecule has 1 amide bonds. The largest absolute Gasteiger partial charge is 0.477 e. The monoisotopic (exact) mass is 245 g/mol. The van der Waals surface area contributed by atoms with Gasteiger partial charge in [-0.3, -0.25) is 0 Å². The van der Waals surface area contributed by atoms with Gasteiger partial charge in [0.1, 0.15) is 5.60 Å². The van der Waals surface area contributed by atoms with Gasteiger partial charge in [0.25, 0.3) is 0 Å². The maximum atomic E-state index is 11.4. The predicted octanol–water partition coefficient (Wildman–Crippen LogP) is 1.59. The van der Waals surface area contributed by atoms with Crippen molar-refractivity contribution in [3.05, 3.63) is 11.0 Å². The van der Waals surface area contributed by atoms with Crippen LogP contribution in [0.2, 0.25) is 0 Å². The number of ether oxygens (including phenoxy) is 1. The lowest BCUT2D eigenvalue weighted by Gasteiger charge is -2.21. The molecule has 1 aliphatic heterocycles. The molecule has 1 atom stereocenters. The molecule has 0 aromatic carbocycles. The smallest absolute Gasteiger partial charge is 0.408 e. The van der Waals surface area contributed by atoms with Gasteiger partial charge in [-0.1, -0.05) is 0 Å². The van der Waals surface area contributed by atoms with Crippen LogP contribution in [0.4, 0.5) is 4.79 Å². The van der Waals surface area contributed by atoms with Crippen LogP contribution >= 0.6 is 11.8 Å². The number of carboxylic acids is 1. The highest BCUT2D eigenvalue weighted by molar-refractivity contribution is 8.04. The van der Waals surface area contributed by atoms with Crippen LogP contribution in [-0.4, -0.2) is 34.6 Å². The Labute approximate surface area is 98.2 Å². The third kappa shape index (κ3) is 4.14. The fourth-order valence-corrected chi connectivity index (χ4v) is 2.06. The molecule has 5 nitrogen and oxygen atoms in total. The van der Waals surface area contributed by atoms with Crippen molar-refractivity contribution in [1.82, 2.24) is 5.32 Å². The number of carbonyl (C=O) groups excluding carboxylic acids is 1. The minimum absolute atomic E-state index is 0.265. The highest BCUT2D eigenvalue weighted by Gasteiger charge is 2.24. The first-order chi connectivity index (χ1) is 7.28. The van der Waals surface area contributed by atoms with E-state index in [1.165, 1.54) is 17.8 Å². The number of hydrogen-bond donors (Lipinski definition) is 2. The molecule has 0 saturated carbocycles. The van der Waals surface area contributed by atoms with Crippen LogP contribution in [0.5, 0.6) is 0 Å². The summed E-state index contributed by atoms with van der Waals surface area (Å²) in [5, 5.41) is 11.3. The van der Waals surface area contributed by atoms with Crippen molar-refractivity contribution >= 4 is 23.8 Å². The summed E-state index contributed by atoms with van der Waals surface area (Å²) >= 11 is 1.21. The fourth-order valence-electron chi connectivity index (χ4n) is 1.13. The third-order valence-electron chi connectivity index (χ3n) is 1.68. The van der Waals surface area contributed by atoms with E-state index in [9.17, 15) is 9.59 Å². The van der Waals surface area contributed by atoms with E-state index in [1.54, 1.807) is 20.8 Å². The standard InChI is InChI=1S/C10H15NO4S/c1-10(2,3)15-9(14)11-6-4-7(8(12)13)16-5-6/h4,6H,5H2,1-3H3,(H,11,14)(H,12,13). The third-order valence-corrected chi connectivity index (χ3v) is 2.83. The number of alkyl carbamates (subject to hydrolysis) is 1. The van der Waals surface area contributed by atoms with Crippen molar-refractivity contribution in [3.8, 4) is 0 Å². The minimum Gasteiger partial charge on any atom is -0.477 e. The molecule has 0 bridgehead atoms. The van der Waals surface area contributed by atoms with Gasteiger partial charge >= 0.3 is 12.1 Å². The van der Waals surface area contributed by atoms with Crippen molar-refractivity contribution < 1.29 is 19.4 Å². The molecule has 0 spiro atoms. The molecule has 0 radical (unpaired) electrons. The zero-order chi connectivity index (χ0) is 12.3. The Morgan fingerprint density at radius 3 is 2.62 bits per heavy atom. The lowest BCUT2D eigenvalue weighted by molar-refractivity contribution is -0.131. The van der Waals surface area contributed by atoms with Crippen molar-refractivity contribution in [2.24, 2.45) is 0 Å². The second-order valence-corrected chi connectivity index (χ2v) is 5.46. The van der Waals surface area contributed by atoms with Gasteiger partial charge in [-0.15, -0.1) is 11.8 Å². The number of carboxylic acid groups (broad SMARTS) is 1. The molecule has 1 heterocycles. The number of thioether (sulfide) groups is 1. The molecule has 90 valence electrons. The van der Waals surface area contributed by atoms with E-state index in [0.29, 0.717) is 5.75 Å². The molecule has 2 N–H and O–H groups in total. The van der Waals surface area contributed by atoms with Gasteiger partial charge in [-0.05, 0) is 26.8 Å². The average Bonchev–Trinajstić information content (AvgIpc) is 2.48. The Hall–Kier alpha value is -1.17. The van der Waals surface area contributed by atoms with Crippen molar-refractivity contribution in [2.45, 2.75) is 32.4 Å². The van der Waals surface area contributed by atoms with E-state index < -0.39 is 17.7 Å². The SMILES string of the molecule is CC(C)(C)OC(=O)NC1C=C(C(=O)O)SC1. The molecule has 0 aromatic heterocycles. The summed E-state index contributed by atoms with van der Waals surface area (Å²) in [4.78, 5) is 22.3. The molecule has 6 heteroatoms. The number of nitrogens with one attached hydrogen (secondary N) is 1. The van der Waals surface area contributed by atoms with E-state index >= 15 is 0 Å². The van der Waals surface area contributed by atoms with Crippen LogP contribution in [0.25, 0.3) is 0 Å². The summed E-state index contributed by atoms with van der Waals surface area (Å²) in [6, 6.07) is -0.272. The number of aliphatic carboxylic acids is 1. The molecule has 1 aliphatic rings. The highest BCUT2D eigenvalue weighted by atomic mass is 32.2. The summed E-state index contributed by atoms with van der Waals surface area (Å²) in [5.41, 5.74) is -0.546. The van der Waals surface area contributed by atoms with Gasteiger partial charge in [0.05, 0.1) is 10.9 Å². The lowest BCUT2D eigenvalue weighted by atomic mass is 10.2. The van der Waals surface area contributed by atoms with Crippen molar-refractivity contribution in [3.63, 3.8) is 0 Å². The molecule has 1 rings (SSSR count). The summed E-state index contributed by atoms with van der Waals surface area (Å²) in [6.45, 7) is 5.32. The number of hydrogen-bond acceptors (Lipinski definition) is 4. The fraction of sp³-hybridized carbons (Fsp3) is 0.600. The predicted molar refractivity (Wildman–Crippen MR) is 61.3 cm³/mol. The zero-order valence-corrected chi connectivity index (χ0v) is 10.3.